The van der Waals surface area contributed by atoms with Gasteiger partial charge in [0, 0.05) is 25.1 Å². The van der Waals surface area contributed by atoms with Crippen LogP contribution >= 0.6 is 0 Å². The van der Waals surface area contributed by atoms with E-state index in [1.165, 1.54) is 12.1 Å². The number of nitrogens with zero attached hydrogens (tertiary/aromatic N) is 1. The maximum absolute atomic E-state index is 13.2. The van der Waals surface area contributed by atoms with Crippen molar-refractivity contribution in [2.45, 2.75) is 25.8 Å². The number of carboxylic acids is 1. The van der Waals surface area contributed by atoms with E-state index in [0.717, 1.165) is 19.0 Å². The Labute approximate surface area is 110 Å². The molecule has 1 aliphatic heterocycles. The number of hydrogen-bond acceptors (Lipinski definition) is 2. The normalized spacial score (nSPS) is 21.5. The Kier molecular flexibility index (Phi) is 4.14. The lowest BCUT2D eigenvalue weighted by molar-refractivity contribution is -0.138. The fourth-order valence-electron chi connectivity index (χ4n) is 2.66. The van der Waals surface area contributed by atoms with Crippen LogP contribution < -0.4 is 0 Å². The first-order valence-corrected chi connectivity index (χ1v) is 6.37. The number of hydrogen-bond donors (Lipinski definition) is 1. The molecule has 1 N–H and O–H groups in total. The van der Waals surface area contributed by atoms with Crippen LogP contribution in [0.5, 0.6) is 0 Å². The van der Waals surface area contributed by atoms with Crippen molar-refractivity contribution in [3.8, 4) is 0 Å². The Morgan fingerprint density at radius 3 is 2.63 bits per heavy atom. The lowest BCUT2D eigenvalue weighted by Crippen LogP contribution is -2.25. The summed E-state index contributed by atoms with van der Waals surface area (Å²) < 4.78 is 26.4. The third-order valence-corrected chi connectivity index (χ3v) is 3.70. The molecular formula is C14H17F2NO2. The predicted octanol–water partition coefficient (Wildman–Crippen LogP) is 2.82. The van der Waals surface area contributed by atoms with Crippen LogP contribution in [0.4, 0.5) is 8.78 Å². The zero-order valence-electron chi connectivity index (χ0n) is 10.8. The molecule has 1 saturated heterocycles. The largest absolute Gasteiger partial charge is 0.481 e. The molecular weight excluding hydrogens is 252 g/mol. The highest BCUT2D eigenvalue weighted by atomic mass is 19.1. The van der Waals surface area contributed by atoms with Gasteiger partial charge in [-0.3, -0.25) is 9.69 Å². The fraction of sp³-hybridized carbons (Fsp3) is 0.500. The monoisotopic (exact) mass is 269 g/mol. The van der Waals surface area contributed by atoms with Crippen molar-refractivity contribution < 1.29 is 18.7 Å². The van der Waals surface area contributed by atoms with E-state index in [9.17, 15) is 13.6 Å². The van der Waals surface area contributed by atoms with Crippen molar-refractivity contribution in [3.05, 3.63) is 35.4 Å². The topological polar surface area (TPSA) is 40.5 Å². The van der Waals surface area contributed by atoms with Gasteiger partial charge in [0.25, 0.3) is 0 Å². The fourth-order valence-corrected chi connectivity index (χ4v) is 2.66. The Balaban J connectivity index is 2.04. The Morgan fingerprint density at radius 2 is 2.05 bits per heavy atom. The highest BCUT2D eigenvalue weighted by molar-refractivity contribution is 5.67. The molecule has 2 rings (SSSR count). The first-order chi connectivity index (χ1) is 8.95. The molecule has 1 aliphatic rings. The molecule has 3 nitrogen and oxygen atoms in total. The van der Waals surface area contributed by atoms with Crippen LogP contribution in [0.3, 0.4) is 0 Å². The zero-order chi connectivity index (χ0) is 14.0. The van der Waals surface area contributed by atoms with E-state index in [-0.39, 0.29) is 18.4 Å². The molecule has 1 aromatic rings. The maximum Gasteiger partial charge on any atom is 0.303 e. The number of aliphatic carboxylic acids is 1. The molecule has 0 radical (unpaired) electrons. The van der Waals surface area contributed by atoms with Crippen molar-refractivity contribution in [1.29, 1.82) is 0 Å². The highest BCUT2D eigenvalue weighted by Crippen LogP contribution is 2.29. The molecule has 5 heteroatoms. The maximum atomic E-state index is 13.2. The zero-order valence-corrected chi connectivity index (χ0v) is 10.8. The van der Waals surface area contributed by atoms with Gasteiger partial charge in [0.05, 0.1) is 0 Å². The van der Waals surface area contributed by atoms with E-state index in [0.29, 0.717) is 12.1 Å². The van der Waals surface area contributed by atoms with Crippen LogP contribution in [-0.2, 0) is 4.79 Å². The molecule has 2 atom stereocenters. The Hall–Kier alpha value is -1.49. The van der Waals surface area contributed by atoms with Gasteiger partial charge in [-0.05, 0) is 43.5 Å². The average Bonchev–Trinajstić information content (AvgIpc) is 2.74. The minimum Gasteiger partial charge on any atom is -0.481 e. The smallest absolute Gasteiger partial charge is 0.303 e. The molecule has 1 fully saturated rings. The van der Waals surface area contributed by atoms with Gasteiger partial charge in [0.15, 0.2) is 0 Å². The van der Waals surface area contributed by atoms with E-state index in [1.54, 1.807) is 0 Å². The third-order valence-electron chi connectivity index (χ3n) is 3.70. The Bertz CT molecular complexity index is 458. The van der Waals surface area contributed by atoms with Crippen LogP contribution in [0.2, 0.25) is 0 Å². The minimum absolute atomic E-state index is 0.107. The molecule has 2 unspecified atom stereocenters. The number of carboxylic acid groups (broad SMARTS) is 1. The first-order valence-electron chi connectivity index (χ1n) is 6.37. The first kappa shape index (κ1) is 13.9. The summed E-state index contributed by atoms with van der Waals surface area (Å²) in [7, 11) is 0. The molecule has 104 valence electrons. The lowest BCUT2D eigenvalue weighted by atomic mass is 10.0. The van der Waals surface area contributed by atoms with Crippen molar-refractivity contribution >= 4 is 5.97 Å². The van der Waals surface area contributed by atoms with E-state index in [2.05, 4.69) is 4.90 Å². The molecule has 1 aromatic carbocycles. The molecule has 0 amide bonds. The number of likely N-dealkylation sites (tertiary alicyclic amines) is 1. The lowest BCUT2D eigenvalue weighted by Gasteiger charge is -2.24. The second-order valence-corrected chi connectivity index (χ2v) is 5.13. The number of halogens is 2. The third kappa shape index (κ3) is 3.50. The molecule has 19 heavy (non-hydrogen) atoms. The molecule has 0 spiro atoms. The van der Waals surface area contributed by atoms with Crippen molar-refractivity contribution in [2.75, 3.05) is 13.1 Å². The van der Waals surface area contributed by atoms with Gasteiger partial charge in [-0.1, -0.05) is 0 Å². The van der Waals surface area contributed by atoms with Crippen LogP contribution in [0, 0.1) is 17.6 Å². The van der Waals surface area contributed by atoms with Gasteiger partial charge in [0.1, 0.15) is 11.6 Å². The van der Waals surface area contributed by atoms with Gasteiger partial charge in [0.2, 0.25) is 0 Å². The molecule has 0 saturated carbocycles. The average molecular weight is 269 g/mol. The van der Waals surface area contributed by atoms with E-state index in [1.807, 2.05) is 6.92 Å². The van der Waals surface area contributed by atoms with Crippen LogP contribution in [0.1, 0.15) is 31.4 Å². The second kappa shape index (κ2) is 5.65. The number of carbonyl (C=O) groups is 1. The number of rotatable bonds is 4. The summed E-state index contributed by atoms with van der Waals surface area (Å²) in [6, 6.07) is 3.41. The molecule has 0 aromatic heterocycles. The SMILES string of the molecule is CC(c1cc(F)cc(F)c1)N1CCC(CC(=O)O)C1. The summed E-state index contributed by atoms with van der Waals surface area (Å²) in [4.78, 5) is 12.7. The standard InChI is InChI=1S/C14H17F2NO2/c1-9(11-5-12(15)7-13(16)6-11)17-3-2-10(8-17)4-14(18)19/h5-7,9-10H,2-4,8H2,1H3,(H,18,19). The van der Waals surface area contributed by atoms with Gasteiger partial charge in [-0.15, -0.1) is 0 Å². The highest BCUT2D eigenvalue weighted by Gasteiger charge is 2.28. The summed E-state index contributed by atoms with van der Waals surface area (Å²) in [5.74, 6) is -1.83. The van der Waals surface area contributed by atoms with E-state index >= 15 is 0 Å². The van der Waals surface area contributed by atoms with Gasteiger partial charge < -0.3 is 5.11 Å². The van der Waals surface area contributed by atoms with Crippen LogP contribution in [0.15, 0.2) is 18.2 Å². The van der Waals surface area contributed by atoms with E-state index in [4.69, 9.17) is 5.11 Å². The van der Waals surface area contributed by atoms with Gasteiger partial charge >= 0.3 is 5.97 Å². The Morgan fingerprint density at radius 1 is 1.42 bits per heavy atom. The second-order valence-electron chi connectivity index (χ2n) is 5.13. The molecule has 1 heterocycles. The summed E-state index contributed by atoms with van der Waals surface area (Å²) in [6.45, 7) is 3.31. The van der Waals surface area contributed by atoms with Crippen LogP contribution in [0.25, 0.3) is 0 Å². The summed E-state index contributed by atoms with van der Waals surface area (Å²) in [5.41, 5.74) is 0.591. The predicted molar refractivity (Wildman–Crippen MR) is 66.7 cm³/mol. The van der Waals surface area contributed by atoms with Gasteiger partial charge in [-0.2, -0.15) is 0 Å². The van der Waals surface area contributed by atoms with Gasteiger partial charge in [-0.25, -0.2) is 8.78 Å². The van der Waals surface area contributed by atoms with Crippen molar-refractivity contribution in [2.24, 2.45) is 5.92 Å². The minimum atomic E-state index is -0.795. The summed E-state index contributed by atoms with van der Waals surface area (Å²) >= 11 is 0. The number of benzene rings is 1. The molecule has 0 aliphatic carbocycles. The van der Waals surface area contributed by atoms with Crippen molar-refractivity contribution in [1.82, 2.24) is 4.90 Å². The van der Waals surface area contributed by atoms with Crippen LogP contribution in [-0.4, -0.2) is 29.1 Å². The quantitative estimate of drug-likeness (QED) is 0.913. The summed E-state index contributed by atoms with van der Waals surface area (Å²) in [6.07, 6.45) is 0.967. The summed E-state index contributed by atoms with van der Waals surface area (Å²) in [5, 5.41) is 8.77. The van der Waals surface area contributed by atoms with E-state index < -0.39 is 17.6 Å². The van der Waals surface area contributed by atoms with Crippen molar-refractivity contribution in [3.63, 3.8) is 0 Å². The molecule has 0 bridgehead atoms.